The van der Waals surface area contributed by atoms with Crippen LogP contribution in [-0.4, -0.2) is 16.9 Å². The van der Waals surface area contributed by atoms with E-state index >= 15 is 0 Å². The minimum atomic E-state index is -0.523. The molecule has 0 spiro atoms. The van der Waals surface area contributed by atoms with Crippen LogP contribution in [-0.2, 0) is 4.79 Å². The Labute approximate surface area is 131 Å². The average Bonchev–Trinajstić information content (AvgIpc) is 2.54. The maximum Gasteiger partial charge on any atom is 0.274 e. The summed E-state index contributed by atoms with van der Waals surface area (Å²) in [7, 11) is 0. The van der Waals surface area contributed by atoms with Gasteiger partial charge in [0.25, 0.3) is 5.91 Å². The van der Waals surface area contributed by atoms with Gasteiger partial charge in [-0.05, 0) is 36.5 Å². The number of nitrogens with one attached hydrogen (secondary N) is 1. The van der Waals surface area contributed by atoms with Crippen LogP contribution >= 0.6 is 0 Å². The van der Waals surface area contributed by atoms with Crippen LogP contribution in [0.3, 0.4) is 0 Å². The first-order chi connectivity index (χ1) is 10.5. The Balaban J connectivity index is 2.00. The SMILES string of the molecule is C[C@H](CC(=O)C1(C)CCCCC1)c1ccc(C(=O)NO)cc1. The second-order valence-electron chi connectivity index (χ2n) is 6.71. The summed E-state index contributed by atoms with van der Waals surface area (Å²) in [5.41, 5.74) is 2.92. The van der Waals surface area contributed by atoms with Gasteiger partial charge in [-0.15, -0.1) is 0 Å². The zero-order valence-corrected chi connectivity index (χ0v) is 13.4. The molecule has 0 aromatic heterocycles. The van der Waals surface area contributed by atoms with Crippen molar-refractivity contribution in [3.05, 3.63) is 35.4 Å². The third-order valence-corrected chi connectivity index (χ3v) is 4.97. The molecule has 1 fully saturated rings. The fourth-order valence-corrected chi connectivity index (χ4v) is 3.28. The molecule has 120 valence electrons. The molecule has 0 unspecified atom stereocenters. The van der Waals surface area contributed by atoms with Gasteiger partial charge in [-0.25, -0.2) is 5.48 Å². The lowest BCUT2D eigenvalue weighted by molar-refractivity contribution is -0.129. The number of hydrogen-bond donors (Lipinski definition) is 2. The summed E-state index contributed by atoms with van der Waals surface area (Å²) in [6, 6.07) is 7.05. The summed E-state index contributed by atoms with van der Waals surface area (Å²) in [6.07, 6.45) is 6.11. The minimum Gasteiger partial charge on any atom is -0.299 e. The van der Waals surface area contributed by atoms with Crippen molar-refractivity contribution in [1.82, 2.24) is 5.48 Å². The van der Waals surface area contributed by atoms with Crippen molar-refractivity contribution in [2.45, 2.75) is 58.3 Å². The average molecular weight is 303 g/mol. The Morgan fingerprint density at radius 1 is 1.18 bits per heavy atom. The van der Waals surface area contributed by atoms with E-state index in [9.17, 15) is 9.59 Å². The molecule has 1 aliphatic carbocycles. The van der Waals surface area contributed by atoms with E-state index in [-0.39, 0.29) is 11.3 Å². The molecule has 1 amide bonds. The van der Waals surface area contributed by atoms with Crippen LogP contribution in [0.2, 0.25) is 0 Å². The smallest absolute Gasteiger partial charge is 0.274 e. The van der Waals surface area contributed by atoms with E-state index in [0.29, 0.717) is 17.8 Å². The molecule has 2 rings (SSSR count). The lowest BCUT2D eigenvalue weighted by Crippen LogP contribution is -2.31. The topological polar surface area (TPSA) is 66.4 Å². The van der Waals surface area contributed by atoms with E-state index in [1.807, 2.05) is 19.1 Å². The maximum absolute atomic E-state index is 12.6. The molecule has 4 nitrogen and oxygen atoms in total. The van der Waals surface area contributed by atoms with Gasteiger partial charge in [0.05, 0.1) is 0 Å². The summed E-state index contributed by atoms with van der Waals surface area (Å²) >= 11 is 0. The largest absolute Gasteiger partial charge is 0.299 e. The van der Waals surface area contributed by atoms with Gasteiger partial charge in [0.2, 0.25) is 0 Å². The molecule has 1 aliphatic rings. The Morgan fingerprint density at radius 3 is 2.32 bits per heavy atom. The number of carbonyl (C=O) groups is 2. The van der Waals surface area contributed by atoms with Crippen molar-refractivity contribution >= 4 is 11.7 Å². The lowest BCUT2D eigenvalue weighted by atomic mass is 9.70. The van der Waals surface area contributed by atoms with E-state index in [0.717, 1.165) is 31.2 Å². The zero-order chi connectivity index (χ0) is 16.2. The van der Waals surface area contributed by atoms with Gasteiger partial charge in [-0.1, -0.05) is 45.2 Å². The molecule has 0 saturated heterocycles. The van der Waals surface area contributed by atoms with Crippen LogP contribution in [0.25, 0.3) is 0 Å². The lowest BCUT2D eigenvalue weighted by Gasteiger charge is -2.33. The van der Waals surface area contributed by atoms with Gasteiger partial charge in [0, 0.05) is 17.4 Å². The van der Waals surface area contributed by atoms with E-state index in [4.69, 9.17) is 5.21 Å². The molecule has 1 saturated carbocycles. The number of amides is 1. The highest BCUT2D eigenvalue weighted by molar-refractivity contribution is 5.93. The number of hydroxylamine groups is 1. The molecule has 0 heterocycles. The molecule has 0 bridgehead atoms. The fourth-order valence-electron chi connectivity index (χ4n) is 3.28. The van der Waals surface area contributed by atoms with Crippen molar-refractivity contribution in [1.29, 1.82) is 0 Å². The van der Waals surface area contributed by atoms with Crippen molar-refractivity contribution in [3.8, 4) is 0 Å². The number of benzene rings is 1. The van der Waals surface area contributed by atoms with E-state index in [2.05, 4.69) is 6.92 Å². The van der Waals surface area contributed by atoms with Crippen LogP contribution in [0.15, 0.2) is 24.3 Å². The molecule has 1 atom stereocenters. The van der Waals surface area contributed by atoms with E-state index in [1.165, 1.54) is 6.42 Å². The second-order valence-corrected chi connectivity index (χ2v) is 6.71. The van der Waals surface area contributed by atoms with Gasteiger partial charge >= 0.3 is 0 Å². The van der Waals surface area contributed by atoms with Crippen LogP contribution in [0.4, 0.5) is 0 Å². The zero-order valence-electron chi connectivity index (χ0n) is 13.4. The second kappa shape index (κ2) is 7.05. The van der Waals surface area contributed by atoms with Crippen LogP contribution in [0.1, 0.15) is 74.2 Å². The predicted octanol–water partition coefficient (Wildman–Crippen LogP) is 3.84. The van der Waals surface area contributed by atoms with Crippen molar-refractivity contribution < 1.29 is 14.8 Å². The van der Waals surface area contributed by atoms with Crippen molar-refractivity contribution in [2.75, 3.05) is 0 Å². The Kier molecular flexibility index (Phi) is 5.35. The highest BCUT2D eigenvalue weighted by Crippen LogP contribution is 2.39. The van der Waals surface area contributed by atoms with Gasteiger partial charge in [-0.3, -0.25) is 14.8 Å². The molecule has 0 radical (unpaired) electrons. The molecule has 22 heavy (non-hydrogen) atoms. The van der Waals surface area contributed by atoms with Gasteiger partial charge in [0.15, 0.2) is 0 Å². The van der Waals surface area contributed by atoms with E-state index in [1.54, 1.807) is 17.6 Å². The monoisotopic (exact) mass is 303 g/mol. The quantitative estimate of drug-likeness (QED) is 0.641. The molecule has 2 N–H and O–H groups in total. The summed E-state index contributed by atoms with van der Waals surface area (Å²) in [5.74, 6) is -0.0284. The number of carbonyl (C=O) groups excluding carboxylic acids is 2. The van der Waals surface area contributed by atoms with Crippen LogP contribution in [0, 0.1) is 5.41 Å². The van der Waals surface area contributed by atoms with Crippen molar-refractivity contribution in [2.24, 2.45) is 5.41 Å². The minimum absolute atomic E-state index is 0.137. The third-order valence-electron chi connectivity index (χ3n) is 4.97. The summed E-state index contributed by atoms with van der Waals surface area (Å²) in [4.78, 5) is 23.9. The van der Waals surface area contributed by atoms with Crippen LogP contribution in [0.5, 0.6) is 0 Å². The Hall–Kier alpha value is -1.68. The van der Waals surface area contributed by atoms with E-state index < -0.39 is 5.91 Å². The fraction of sp³-hybridized carbons (Fsp3) is 0.556. The normalized spacial score (nSPS) is 18.5. The molecule has 0 aliphatic heterocycles. The highest BCUT2D eigenvalue weighted by Gasteiger charge is 2.34. The van der Waals surface area contributed by atoms with Gasteiger partial charge < -0.3 is 0 Å². The molecule has 1 aromatic rings. The number of Topliss-reactive ketones (excluding diaryl/α,β-unsaturated/α-hetero) is 1. The Morgan fingerprint density at radius 2 is 1.77 bits per heavy atom. The molecule has 1 aromatic carbocycles. The summed E-state index contributed by atoms with van der Waals surface area (Å²) in [6.45, 7) is 4.15. The Bertz CT molecular complexity index is 530. The first-order valence-electron chi connectivity index (χ1n) is 8.04. The van der Waals surface area contributed by atoms with Crippen molar-refractivity contribution in [3.63, 3.8) is 0 Å². The number of hydrogen-bond acceptors (Lipinski definition) is 3. The summed E-state index contributed by atoms with van der Waals surface area (Å²) in [5, 5.41) is 8.61. The van der Waals surface area contributed by atoms with Crippen LogP contribution < -0.4 is 5.48 Å². The van der Waals surface area contributed by atoms with Gasteiger partial charge in [-0.2, -0.15) is 0 Å². The number of rotatable bonds is 5. The molecule has 4 heteroatoms. The summed E-state index contributed by atoms with van der Waals surface area (Å²) < 4.78 is 0. The highest BCUT2D eigenvalue weighted by atomic mass is 16.5. The predicted molar refractivity (Wildman–Crippen MR) is 84.9 cm³/mol. The first kappa shape index (κ1) is 16.7. The number of ketones is 1. The third kappa shape index (κ3) is 3.74. The first-order valence-corrected chi connectivity index (χ1v) is 8.04. The standard InChI is InChI=1S/C18H25NO3/c1-13(12-16(20)18(2)10-4-3-5-11-18)14-6-8-15(9-7-14)17(21)19-22/h6-9,13,22H,3-5,10-12H2,1-2H3,(H,19,21)/t13-/m1/s1. The van der Waals surface area contributed by atoms with Gasteiger partial charge in [0.1, 0.15) is 5.78 Å². The molecular weight excluding hydrogens is 278 g/mol. The molecular formula is C18H25NO3. The maximum atomic E-state index is 12.6.